The first kappa shape index (κ1) is 23.4. The second-order valence-corrected chi connectivity index (χ2v) is 5.25. The van der Waals surface area contributed by atoms with Crippen molar-refractivity contribution >= 4 is 11.4 Å². The number of hydrogen-bond donors (Lipinski definition) is 2. The maximum absolute atomic E-state index is 8.67. The largest absolute Gasteiger partial charge is 0.331 e. The van der Waals surface area contributed by atoms with Crippen molar-refractivity contribution in [1.82, 2.24) is 19.1 Å². The Morgan fingerprint density at radius 2 is 1.19 bits per heavy atom. The molecule has 2 heterocycles. The second kappa shape index (κ2) is 14.8. The van der Waals surface area contributed by atoms with Crippen molar-refractivity contribution < 1.29 is 13.3 Å². The predicted molar refractivity (Wildman–Crippen MR) is 106 cm³/mol. The van der Waals surface area contributed by atoms with Crippen LogP contribution >= 0.6 is 0 Å². The maximum atomic E-state index is 8.67. The van der Waals surface area contributed by atoms with Crippen LogP contribution in [0.3, 0.4) is 0 Å². The van der Waals surface area contributed by atoms with Gasteiger partial charge in [-0.3, -0.25) is 9.11 Å². The average molecular weight is 378 g/mol. The van der Waals surface area contributed by atoms with Gasteiger partial charge in [-0.05, 0) is 0 Å². The van der Waals surface area contributed by atoms with Crippen molar-refractivity contribution in [3.8, 4) is 0 Å². The molecule has 0 atom stereocenters. The van der Waals surface area contributed by atoms with Gasteiger partial charge in [0, 0.05) is 50.7 Å². The van der Waals surface area contributed by atoms with Gasteiger partial charge in [0.05, 0.1) is 0 Å². The van der Waals surface area contributed by atoms with Crippen molar-refractivity contribution in [3.05, 3.63) is 87.1 Å². The molecule has 0 spiro atoms. The molecule has 0 unspecified atom stereocenters. The third kappa shape index (κ3) is 10.3. The molecule has 2 aromatic heterocycles. The van der Waals surface area contributed by atoms with E-state index in [1.54, 1.807) is 12.4 Å². The fourth-order valence-electron chi connectivity index (χ4n) is 1.93. The minimum Gasteiger partial charge on any atom is -0.331 e. The van der Waals surface area contributed by atoms with E-state index in [9.17, 15) is 0 Å². The molecule has 7 nitrogen and oxygen atoms in total. The van der Waals surface area contributed by atoms with Crippen molar-refractivity contribution in [2.45, 2.75) is 25.9 Å². The molecule has 142 valence electrons. The lowest BCUT2D eigenvalue weighted by Gasteiger charge is -2.00. The fourth-order valence-corrected chi connectivity index (χ4v) is 1.93. The summed E-state index contributed by atoms with van der Waals surface area (Å²) in [5, 5.41) is 0. The Hall–Kier alpha value is -2.55. The zero-order valence-electron chi connectivity index (χ0n) is 14.8. The van der Waals surface area contributed by atoms with E-state index in [4.69, 9.17) is 13.3 Å². The average Bonchev–Trinajstić information content (AvgIpc) is 3.20. The van der Waals surface area contributed by atoms with Crippen LogP contribution in [0.5, 0.6) is 0 Å². The third-order valence-corrected chi connectivity index (χ3v) is 2.91. The molecular formula is C18H26N4O3S. The first-order chi connectivity index (χ1) is 12.5. The summed E-state index contributed by atoms with van der Waals surface area (Å²) in [4.78, 5) is 8.34. The summed E-state index contributed by atoms with van der Waals surface area (Å²) >= 11 is -2.61. The number of allylic oxidation sites excluding steroid dienone is 4. The molecule has 2 rings (SSSR count). The van der Waals surface area contributed by atoms with Gasteiger partial charge in [-0.2, -0.15) is 4.21 Å². The SMILES string of the molecule is C=CCc1nccn1CC=C.C=CCc1nccn1CC=C.O=S(O)O. The summed E-state index contributed by atoms with van der Waals surface area (Å²) in [6.07, 6.45) is 16.5. The summed E-state index contributed by atoms with van der Waals surface area (Å²) < 4.78 is 26.9. The Labute approximate surface area is 157 Å². The molecule has 0 radical (unpaired) electrons. The zero-order valence-corrected chi connectivity index (χ0v) is 15.6. The normalized spacial score (nSPS) is 9.35. The Morgan fingerprint density at radius 3 is 1.46 bits per heavy atom. The first-order valence-electron chi connectivity index (χ1n) is 7.73. The third-order valence-electron chi connectivity index (χ3n) is 2.91. The van der Waals surface area contributed by atoms with Gasteiger partial charge in [0.1, 0.15) is 11.6 Å². The summed E-state index contributed by atoms with van der Waals surface area (Å²) in [5.74, 6) is 2.08. The Kier molecular flexibility index (Phi) is 13.3. The minimum absolute atomic E-state index is 0.820. The standard InChI is InChI=1S/2C9H12N2.H2O3S/c2*1-3-5-9-10-6-8-11(9)7-4-2;1-4(2)3/h2*3-4,6,8H,1-2,5,7H2;(H2,1,2,3). The number of rotatable bonds is 8. The molecule has 0 aliphatic rings. The lowest BCUT2D eigenvalue weighted by atomic mass is 10.4. The van der Waals surface area contributed by atoms with Gasteiger partial charge in [0.25, 0.3) is 11.4 Å². The van der Waals surface area contributed by atoms with Gasteiger partial charge < -0.3 is 9.13 Å². The van der Waals surface area contributed by atoms with E-state index >= 15 is 0 Å². The molecule has 0 aliphatic heterocycles. The number of imidazole rings is 2. The molecule has 0 saturated heterocycles. The Bertz CT molecular complexity index is 600. The maximum Gasteiger partial charge on any atom is 0.299 e. The smallest absolute Gasteiger partial charge is 0.299 e. The van der Waals surface area contributed by atoms with Gasteiger partial charge in [-0.1, -0.05) is 24.3 Å². The lowest BCUT2D eigenvalue weighted by Crippen LogP contribution is -1.99. The van der Waals surface area contributed by atoms with E-state index < -0.39 is 11.4 Å². The highest BCUT2D eigenvalue weighted by Gasteiger charge is 1.97. The predicted octanol–water partition coefficient (Wildman–Crippen LogP) is 3.28. The highest BCUT2D eigenvalue weighted by Crippen LogP contribution is 1.99. The molecule has 0 bridgehead atoms. The molecule has 8 heteroatoms. The van der Waals surface area contributed by atoms with Crippen LogP contribution in [0.15, 0.2) is 75.4 Å². The van der Waals surface area contributed by atoms with Crippen molar-refractivity contribution in [1.29, 1.82) is 0 Å². The molecule has 0 aromatic carbocycles. The Balaban J connectivity index is 0.000000401. The van der Waals surface area contributed by atoms with E-state index in [0.717, 1.165) is 37.6 Å². The number of nitrogens with zero attached hydrogens (tertiary/aromatic N) is 4. The van der Waals surface area contributed by atoms with Gasteiger partial charge in [0.2, 0.25) is 0 Å². The van der Waals surface area contributed by atoms with E-state index in [0.29, 0.717) is 0 Å². The molecule has 0 aliphatic carbocycles. The molecular weight excluding hydrogens is 352 g/mol. The molecule has 0 amide bonds. The zero-order chi connectivity index (χ0) is 19.8. The molecule has 26 heavy (non-hydrogen) atoms. The van der Waals surface area contributed by atoms with E-state index in [1.807, 2.05) is 36.7 Å². The van der Waals surface area contributed by atoms with E-state index in [-0.39, 0.29) is 0 Å². The van der Waals surface area contributed by atoms with Crippen LogP contribution in [0.4, 0.5) is 0 Å². The van der Waals surface area contributed by atoms with Crippen molar-refractivity contribution in [2.24, 2.45) is 0 Å². The molecule has 0 saturated carbocycles. The number of aromatic nitrogens is 4. The van der Waals surface area contributed by atoms with Crippen LogP contribution in [-0.4, -0.2) is 32.4 Å². The van der Waals surface area contributed by atoms with Crippen LogP contribution in [0.2, 0.25) is 0 Å². The summed E-state index contributed by atoms with van der Waals surface area (Å²) in [7, 11) is 0. The minimum atomic E-state index is -2.61. The second-order valence-electron chi connectivity index (χ2n) is 4.79. The van der Waals surface area contributed by atoms with Gasteiger partial charge in [-0.25, -0.2) is 9.97 Å². The van der Waals surface area contributed by atoms with Gasteiger partial charge >= 0.3 is 0 Å². The quantitative estimate of drug-likeness (QED) is 0.543. The highest BCUT2D eigenvalue weighted by molar-refractivity contribution is 7.73. The van der Waals surface area contributed by atoms with Crippen LogP contribution in [0.25, 0.3) is 0 Å². The fraction of sp³-hybridized carbons (Fsp3) is 0.222. The van der Waals surface area contributed by atoms with E-state index in [1.165, 1.54) is 0 Å². The van der Waals surface area contributed by atoms with Crippen LogP contribution in [0.1, 0.15) is 11.6 Å². The molecule has 0 fully saturated rings. The van der Waals surface area contributed by atoms with E-state index in [2.05, 4.69) is 45.4 Å². The number of hydrogen-bond acceptors (Lipinski definition) is 3. The summed E-state index contributed by atoms with van der Waals surface area (Å²) in [6.45, 7) is 16.3. The first-order valence-corrected chi connectivity index (χ1v) is 8.79. The van der Waals surface area contributed by atoms with Crippen molar-refractivity contribution in [3.63, 3.8) is 0 Å². The highest BCUT2D eigenvalue weighted by atomic mass is 32.2. The van der Waals surface area contributed by atoms with Crippen LogP contribution in [-0.2, 0) is 37.3 Å². The monoisotopic (exact) mass is 378 g/mol. The van der Waals surface area contributed by atoms with Gasteiger partial charge in [-0.15, -0.1) is 26.3 Å². The molecule has 2 aromatic rings. The van der Waals surface area contributed by atoms with Crippen LogP contribution < -0.4 is 0 Å². The van der Waals surface area contributed by atoms with Crippen molar-refractivity contribution in [2.75, 3.05) is 0 Å². The molecule has 2 N–H and O–H groups in total. The summed E-state index contributed by atoms with van der Waals surface area (Å²) in [6, 6.07) is 0. The Morgan fingerprint density at radius 1 is 0.846 bits per heavy atom. The van der Waals surface area contributed by atoms with Gasteiger partial charge in [0.15, 0.2) is 0 Å². The lowest BCUT2D eigenvalue weighted by molar-refractivity contribution is 0.454. The topological polar surface area (TPSA) is 93.2 Å². The van der Waals surface area contributed by atoms with Crippen LogP contribution in [0, 0.1) is 0 Å². The summed E-state index contributed by atoms with van der Waals surface area (Å²) in [5.41, 5.74) is 0.